The number of rotatable bonds is 2. The highest BCUT2D eigenvalue weighted by atomic mass is 127. The number of aromatic nitrogens is 1. The van der Waals surface area contributed by atoms with Gasteiger partial charge in [0, 0.05) is 30.3 Å². The fourth-order valence-corrected chi connectivity index (χ4v) is 4.16. The van der Waals surface area contributed by atoms with Crippen LogP contribution in [0, 0.1) is 0 Å². The number of carbonyl (C=O) groups excluding carboxylic acids is 1. The zero-order valence-corrected chi connectivity index (χ0v) is 19.0. The summed E-state index contributed by atoms with van der Waals surface area (Å²) in [6, 6.07) is 4.86. The number of nitrogens with zero attached hydrogens (tertiary/aromatic N) is 3. The molecule has 0 aliphatic carbocycles. The van der Waals surface area contributed by atoms with Crippen LogP contribution in [0.1, 0.15) is 57.9 Å². The summed E-state index contributed by atoms with van der Waals surface area (Å²) in [6.45, 7) is 5.80. The van der Waals surface area contributed by atoms with E-state index in [2.05, 4.69) is 38.3 Å². The molecule has 146 valence electrons. The van der Waals surface area contributed by atoms with E-state index in [1.54, 1.807) is 0 Å². The van der Waals surface area contributed by atoms with Crippen molar-refractivity contribution in [3.8, 4) is 0 Å². The standard InChI is InChI=1S/C20H32N3O2.HI/c1-20(2,3)25-19(24)22-15-8-7-9-17(22)16(12-15)14-10-11-18(21-13-14)23(4,5)6;/h10-11,13,15-17H,7-9,12H2,1-6H3;1H/q+1;/p-1/t15-,16+,17+;/m1./s1. The van der Waals surface area contributed by atoms with E-state index >= 15 is 0 Å². The van der Waals surface area contributed by atoms with Gasteiger partial charge in [0.05, 0.1) is 21.1 Å². The molecule has 0 N–H and O–H groups in total. The van der Waals surface area contributed by atoms with E-state index in [-0.39, 0.29) is 36.1 Å². The third kappa shape index (κ3) is 4.50. The summed E-state index contributed by atoms with van der Waals surface area (Å²) in [5.74, 6) is 1.42. The molecule has 2 aliphatic heterocycles. The number of hydrogen-bond acceptors (Lipinski definition) is 3. The fourth-order valence-electron chi connectivity index (χ4n) is 4.16. The van der Waals surface area contributed by atoms with Gasteiger partial charge in [-0.2, -0.15) is 0 Å². The van der Waals surface area contributed by atoms with Crippen molar-refractivity contribution in [3.63, 3.8) is 0 Å². The second-order valence-corrected chi connectivity index (χ2v) is 9.34. The van der Waals surface area contributed by atoms with Crippen LogP contribution in [0.25, 0.3) is 0 Å². The number of amides is 1. The van der Waals surface area contributed by atoms with Crippen molar-refractivity contribution < 1.29 is 33.5 Å². The minimum absolute atomic E-state index is 0. The average Bonchev–Trinajstić information content (AvgIpc) is 2.71. The molecule has 0 saturated carbocycles. The lowest BCUT2D eigenvalue weighted by atomic mass is 9.91. The van der Waals surface area contributed by atoms with Gasteiger partial charge in [-0.15, -0.1) is 0 Å². The Morgan fingerprint density at radius 1 is 1.23 bits per heavy atom. The van der Waals surface area contributed by atoms with Crippen molar-refractivity contribution in [2.45, 2.75) is 70.1 Å². The molecule has 6 heteroatoms. The van der Waals surface area contributed by atoms with Gasteiger partial charge in [-0.3, -0.25) is 4.48 Å². The maximum atomic E-state index is 12.7. The van der Waals surface area contributed by atoms with E-state index in [1.807, 2.05) is 31.9 Å². The second-order valence-electron chi connectivity index (χ2n) is 9.34. The number of piperidine rings is 1. The predicted molar refractivity (Wildman–Crippen MR) is 101 cm³/mol. The molecular weight excluding hydrogens is 441 g/mol. The van der Waals surface area contributed by atoms with Gasteiger partial charge in [-0.05, 0) is 58.1 Å². The number of fused-ring (bicyclic) bond motifs is 2. The van der Waals surface area contributed by atoms with Crippen LogP contribution in [0.15, 0.2) is 18.3 Å². The van der Waals surface area contributed by atoms with E-state index < -0.39 is 5.60 Å². The molecule has 0 radical (unpaired) electrons. The molecule has 5 nitrogen and oxygen atoms in total. The van der Waals surface area contributed by atoms with Crippen LogP contribution in [0.4, 0.5) is 10.6 Å². The van der Waals surface area contributed by atoms with Gasteiger partial charge in [0.15, 0.2) is 0 Å². The summed E-state index contributed by atoms with van der Waals surface area (Å²) >= 11 is 0. The van der Waals surface area contributed by atoms with Crippen LogP contribution in [0.5, 0.6) is 0 Å². The lowest BCUT2D eigenvalue weighted by Crippen LogP contribution is -3.00. The molecule has 3 heterocycles. The number of ether oxygens (including phenoxy) is 1. The lowest BCUT2D eigenvalue weighted by Gasteiger charge is -2.37. The highest BCUT2D eigenvalue weighted by molar-refractivity contribution is 5.70. The van der Waals surface area contributed by atoms with Gasteiger partial charge in [0.2, 0.25) is 5.82 Å². The zero-order chi connectivity index (χ0) is 18.4. The van der Waals surface area contributed by atoms with Crippen LogP contribution in [0.2, 0.25) is 0 Å². The summed E-state index contributed by atoms with van der Waals surface area (Å²) in [6.07, 6.45) is 6.21. The third-order valence-corrected chi connectivity index (χ3v) is 5.27. The summed E-state index contributed by atoms with van der Waals surface area (Å²) in [4.78, 5) is 19.4. The van der Waals surface area contributed by atoms with Gasteiger partial charge in [-0.25, -0.2) is 9.78 Å². The van der Waals surface area contributed by atoms with Gasteiger partial charge < -0.3 is 33.6 Å². The van der Waals surface area contributed by atoms with Crippen molar-refractivity contribution in [1.82, 2.24) is 14.4 Å². The van der Waals surface area contributed by atoms with Crippen molar-refractivity contribution in [1.29, 1.82) is 0 Å². The highest BCUT2D eigenvalue weighted by Crippen LogP contribution is 2.45. The first-order chi connectivity index (χ1) is 11.6. The zero-order valence-electron chi connectivity index (χ0n) is 16.8. The summed E-state index contributed by atoms with van der Waals surface area (Å²) < 4.78 is 6.38. The third-order valence-electron chi connectivity index (χ3n) is 5.27. The summed E-state index contributed by atoms with van der Waals surface area (Å²) in [7, 11) is 6.36. The Hall–Kier alpha value is -0.890. The summed E-state index contributed by atoms with van der Waals surface area (Å²) in [5.41, 5.74) is 0.803. The van der Waals surface area contributed by atoms with E-state index in [0.29, 0.717) is 16.4 Å². The predicted octanol–water partition coefficient (Wildman–Crippen LogP) is 0.928. The molecule has 2 fully saturated rings. The molecule has 3 rings (SSSR count). The molecule has 0 spiro atoms. The monoisotopic (exact) mass is 473 g/mol. The quantitative estimate of drug-likeness (QED) is 0.474. The lowest BCUT2D eigenvalue weighted by molar-refractivity contribution is -0.000155. The van der Waals surface area contributed by atoms with Crippen molar-refractivity contribution in [2.75, 3.05) is 21.1 Å². The summed E-state index contributed by atoms with van der Waals surface area (Å²) in [5, 5.41) is 0. The Labute approximate surface area is 174 Å². The van der Waals surface area contributed by atoms with Crippen LogP contribution >= 0.6 is 0 Å². The van der Waals surface area contributed by atoms with E-state index in [0.717, 1.165) is 25.1 Å². The minimum atomic E-state index is -0.447. The van der Waals surface area contributed by atoms with Crippen LogP contribution in [-0.2, 0) is 4.74 Å². The first-order valence-electron chi connectivity index (χ1n) is 9.35. The Morgan fingerprint density at radius 3 is 2.46 bits per heavy atom. The van der Waals surface area contributed by atoms with E-state index in [1.165, 1.54) is 12.0 Å². The molecule has 26 heavy (non-hydrogen) atoms. The van der Waals surface area contributed by atoms with Crippen molar-refractivity contribution in [2.24, 2.45) is 0 Å². The number of quaternary nitrogens is 1. The average molecular weight is 473 g/mol. The molecule has 1 aromatic heterocycles. The molecule has 0 aromatic carbocycles. The number of hydrogen-bond donors (Lipinski definition) is 0. The van der Waals surface area contributed by atoms with E-state index in [4.69, 9.17) is 4.74 Å². The Morgan fingerprint density at radius 2 is 1.92 bits per heavy atom. The van der Waals surface area contributed by atoms with Gasteiger partial charge in [-0.1, -0.05) is 0 Å². The fraction of sp³-hybridized carbons (Fsp3) is 0.700. The smallest absolute Gasteiger partial charge is 0.410 e. The first-order valence-corrected chi connectivity index (χ1v) is 9.35. The topological polar surface area (TPSA) is 42.4 Å². The normalized spacial score (nSPS) is 25.6. The van der Waals surface area contributed by atoms with Gasteiger partial charge in [0.1, 0.15) is 5.60 Å². The van der Waals surface area contributed by atoms with Crippen molar-refractivity contribution >= 4 is 11.9 Å². The molecule has 3 atom stereocenters. The highest BCUT2D eigenvalue weighted by Gasteiger charge is 2.47. The Bertz CT molecular complexity index is 634. The van der Waals surface area contributed by atoms with E-state index in [9.17, 15) is 4.79 Å². The molecule has 0 unspecified atom stereocenters. The Kier molecular flexibility index (Phi) is 6.27. The van der Waals surface area contributed by atoms with Crippen molar-refractivity contribution in [3.05, 3.63) is 23.9 Å². The Balaban J connectivity index is 0.00000243. The van der Waals surface area contributed by atoms with Crippen LogP contribution in [0.3, 0.4) is 0 Å². The molecule has 2 bridgehead atoms. The number of carbonyl (C=O) groups is 1. The second kappa shape index (κ2) is 7.62. The maximum absolute atomic E-state index is 12.7. The largest absolute Gasteiger partial charge is 1.00 e. The van der Waals surface area contributed by atoms with Gasteiger partial charge >= 0.3 is 6.09 Å². The van der Waals surface area contributed by atoms with Crippen LogP contribution in [-0.4, -0.2) is 54.8 Å². The minimum Gasteiger partial charge on any atom is -1.00 e. The molecular formula is C20H32IN3O2. The first kappa shape index (κ1) is 21.4. The molecule has 2 aliphatic rings. The molecule has 1 aromatic rings. The molecule has 1 amide bonds. The number of pyridine rings is 1. The van der Waals surface area contributed by atoms with Crippen LogP contribution < -0.4 is 28.5 Å². The SMILES string of the molecule is CC(C)(C)OC(=O)N1[C@@H]2CCC[C@H]1[C@H](c1ccc([N+](C)(C)C)nc1)C2.[I-]. The van der Waals surface area contributed by atoms with Gasteiger partial charge in [0.25, 0.3) is 0 Å². The number of halogens is 1. The maximum Gasteiger partial charge on any atom is 0.410 e. The molecule has 2 saturated heterocycles.